The molecule has 0 bridgehead atoms. The fourth-order valence-electron chi connectivity index (χ4n) is 2.84. The number of likely N-dealkylation sites (tertiary alicyclic amines) is 1. The van der Waals surface area contributed by atoms with Crippen LogP contribution in [0.2, 0.25) is 0 Å². The SMILES string of the molecule is COCC1CCCN(C(=O)[C@H]2NCCO[C@@H]2C)C1. The number of ether oxygens (including phenoxy) is 2. The van der Waals surface area contributed by atoms with Gasteiger partial charge >= 0.3 is 0 Å². The molecule has 1 unspecified atom stereocenters. The average molecular weight is 256 g/mol. The van der Waals surface area contributed by atoms with Gasteiger partial charge in [0.15, 0.2) is 0 Å². The molecule has 1 N–H and O–H groups in total. The summed E-state index contributed by atoms with van der Waals surface area (Å²) in [6, 6.07) is -0.181. The van der Waals surface area contributed by atoms with Crippen LogP contribution in [0.15, 0.2) is 0 Å². The van der Waals surface area contributed by atoms with E-state index in [-0.39, 0.29) is 18.1 Å². The Morgan fingerprint density at radius 3 is 3.11 bits per heavy atom. The minimum Gasteiger partial charge on any atom is -0.384 e. The summed E-state index contributed by atoms with van der Waals surface area (Å²) in [5.41, 5.74) is 0. The number of carbonyl (C=O) groups excluding carboxylic acids is 1. The second-order valence-corrected chi connectivity index (χ2v) is 5.26. The number of amides is 1. The molecule has 0 aromatic rings. The van der Waals surface area contributed by atoms with E-state index in [9.17, 15) is 4.79 Å². The molecule has 0 aromatic carbocycles. The van der Waals surface area contributed by atoms with Crippen LogP contribution in [0.1, 0.15) is 19.8 Å². The molecular formula is C13H24N2O3. The Hall–Kier alpha value is -0.650. The van der Waals surface area contributed by atoms with E-state index in [1.807, 2.05) is 11.8 Å². The predicted octanol–water partition coefficient (Wildman–Crippen LogP) is 0.248. The summed E-state index contributed by atoms with van der Waals surface area (Å²) in [7, 11) is 1.72. The number of nitrogens with one attached hydrogen (secondary N) is 1. The Labute approximate surface area is 109 Å². The highest BCUT2D eigenvalue weighted by molar-refractivity contribution is 5.82. The van der Waals surface area contributed by atoms with Gasteiger partial charge in [0.1, 0.15) is 6.04 Å². The summed E-state index contributed by atoms with van der Waals surface area (Å²) in [5, 5.41) is 3.27. The lowest BCUT2D eigenvalue weighted by atomic mass is 9.97. The average Bonchev–Trinajstić information content (AvgIpc) is 2.39. The number of hydrogen-bond donors (Lipinski definition) is 1. The molecule has 2 rings (SSSR count). The standard InChI is InChI=1S/C13H24N2O3/c1-10-12(14-5-7-18-10)13(16)15-6-3-4-11(8-15)9-17-2/h10-12,14H,3-9H2,1-2H3/t10-,11?,12+/m1/s1. The monoisotopic (exact) mass is 256 g/mol. The van der Waals surface area contributed by atoms with Gasteiger partial charge in [0, 0.05) is 26.7 Å². The molecule has 0 aromatic heterocycles. The molecule has 1 amide bonds. The Balaban J connectivity index is 1.91. The molecule has 2 aliphatic heterocycles. The molecule has 2 aliphatic rings. The van der Waals surface area contributed by atoms with Crippen LogP contribution in [0.4, 0.5) is 0 Å². The third-order valence-corrected chi connectivity index (χ3v) is 3.82. The molecule has 0 radical (unpaired) electrons. The van der Waals surface area contributed by atoms with E-state index in [0.29, 0.717) is 12.5 Å². The fourth-order valence-corrected chi connectivity index (χ4v) is 2.84. The normalized spacial score (nSPS) is 33.4. The summed E-state index contributed by atoms with van der Waals surface area (Å²) >= 11 is 0. The van der Waals surface area contributed by atoms with Crippen molar-refractivity contribution >= 4 is 5.91 Å². The second-order valence-electron chi connectivity index (χ2n) is 5.26. The first-order chi connectivity index (χ1) is 8.72. The van der Waals surface area contributed by atoms with Gasteiger partial charge in [0.25, 0.3) is 0 Å². The maximum atomic E-state index is 12.5. The van der Waals surface area contributed by atoms with Crippen LogP contribution in [0, 0.1) is 5.92 Å². The lowest BCUT2D eigenvalue weighted by molar-refractivity contribution is -0.141. The highest BCUT2D eigenvalue weighted by Crippen LogP contribution is 2.18. The molecule has 2 saturated heterocycles. The van der Waals surface area contributed by atoms with Gasteiger partial charge in [0.2, 0.25) is 5.91 Å². The smallest absolute Gasteiger partial charge is 0.242 e. The fraction of sp³-hybridized carbons (Fsp3) is 0.923. The van der Waals surface area contributed by atoms with E-state index >= 15 is 0 Å². The summed E-state index contributed by atoms with van der Waals surface area (Å²) in [6.07, 6.45) is 2.19. The zero-order valence-electron chi connectivity index (χ0n) is 11.4. The van der Waals surface area contributed by atoms with Crippen molar-refractivity contribution in [2.75, 3.05) is 40.0 Å². The number of carbonyl (C=O) groups is 1. The topological polar surface area (TPSA) is 50.8 Å². The van der Waals surface area contributed by atoms with E-state index in [0.717, 1.165) is 39.1 Å². The van der Waals surface area contributed by atoms with Crippen LogP contribution in [0.5, 0.6) is 0 Å². The lowest BCUT2D eigenvalue weighted by Crippen LogP contribution is -2.58. The van der Waals surface area contributed by atoms with Gasteiger partial charge < -0.3 is 19.7 Å². The minimum absolute atomic E-state index is 0.0333. The Bertz CT molecular complexity index is 283. The van der Waals surface area contributed by atoms with Gasteiger partial charge in [-0.1, -0.05) is 0 Å². The Kier molecular flexibility index (Phi) is 4.97. The zero-order valence-corrected chi connectivity index (χ0v) is 11.4. The van der Waals surface area contributed by atoms with Crippen molar-refractivity contribution in [2.24, 2.45) is 5.92 Å². The summed E-state index contributed by atoms with van der Waals surface area (Å²) < 4.78 is 10.7. The zero-order chi connectivity index (χ0) is 13.0. The first-order valence-corrected chi connectivity index (χ1v) is 6.85. The summed E-state index contributed by atoms with van der Waals surface area (Å²) in [4.78, 5) is 14.4. The Morgan fingerprint density at radius 1 is 1.56 bits per heavy atom. The van der Waals surface area contributed by atoms with E-state index in [1.165, 1.54) is 0 Å². The number of hydrogen-bond acceptors (Lipinski definition) is 4. The van der Waals surface area contributed by atoms with Crippen LogP contribution in [0.25, 0.3) is 0 Å². The summed E-state index contributed by atoms with van der Waals surface area (Å²) in [6.45, 7) is 5.84. The number of nitrogens with zero attached hydrogens (tertiary/aromatic N) is 1. The lowest BCUT2D eigenvalue weighted by Gasteiger charge is -2.37. The molecule has 3 atom stereocenters. The first-order valence-electron chi connectivity index (χ1n) is 6.85. The molecule has 2 heterocycles. The van der Waals surface area contributed by atoms with Crippen LogP contribution in [-0.4, -0.2) is 62.9 Å². The van der Waals surface area contributed by atoms with Crippen molar-refractivity contribution in [3.63, 3.8) is 0 Å². The molecule has 0 spiro atoms. The molecule has 5 heteroatoms. The maximum Gasteiger partial charge on any atom is 0.242 e. The Morgan fingerprint density at radius 2 is 2.39 bits per heavy atom. The van der Waals surface area contributed by atoms with Crippen molar-refractivity contribution in [1.82, 2.24) is 10.2 Å². The molecule has 5 nitrogen and oxygen atoms in total. The van der Waals surface area contributed by atoms with E-state index in [2.05, 4.69) is 5.32 Å². The first kappa shape index (κ1) is 13.8. The highest BCUT2D eigenvalue weighted by Gasteiger charge is 2.33. The van der Waals surface area contributed by atoms with Crippen LogP contribution in [0.3, 0.4) is 0 Å². The van der Waals surface area contributed by atoms with Gasteiger partial charge in [-0.15, -0.1) is 0 Å². The highest BCUT2D eigenvalue weighted by atomic mass is 16.5. The number of rotatable bonds is 3. The molecule has 18 heavy (non-hydrogen) atoms. The third kappa shape index (κ3) is 3.22. The largest absolute Gasteiger partial charge is 0.384 e. The van der Waals surface area contributed by atoms with Crippen molar-refractivity contribution in [2.45, 2.75) is 31.9 Å². The van der Waals surface area contributed by atoms with Gasteiger partial charge in [-0.05, 0) is 25.7 Å². The molecule has 104 valence electrons. The van der Waals surface area contributed by atoms with Gasteiger partial charge in [-0.3, -0.25) is 4.79 Å². The van der Waals surface area contributed by atoms with Crippen LogP contribution < -0.4 is 5.32 Å². The molecule has 0 saturated carbocycles. The maximum absolute atomic E-state index is 12.5. The molecule has 2 fully saturated rings. The van der Waals surface area contributed by atoms with Crippen LogP contribution >= 0.6 is 0 Å². The van der Waals surface area contributed by atoms with E-state index in [4.69, 9.17) is 9.47 Å². The van der Waals surface area contributed by atoms with Gasteiger partial charge in [-0.25, -0.2) is 0 Å². The van der Waals surface area contributed by atoms with E-state index < -0.39 is 0 Å². The second kappa shape index (κ2) is 6.50. The number of piperidine rings is 1. The number of methoxy groups -OCH3 is 1. The van der Waals surface area contributed by atoms with Gasteiger partial charge in [-0.2, -0.15) is 0 Å². The third-order valence-electron chi connectivity index (χ3n) is 3.82. The van der Waals surface area contributed by atoms with Crippen molar-refractivity contribution < 1.29 is 14.3 Å². The van der Waals surface area contributed by atoms with Crippen molar-refractivity contribution in [1.29, 1.82) is 0 Å². The van der Waals surface area contributed by atoms with Crippen molar-refractivity contribution in [3.05, 3.63) is 0 Å². The quantitative estimate of drug-likeness (QED) is 0.786. The van der Waals surface area contributed by atoms with Crippen molar-refractivity contribution in [3.8, 4) is 0 Å². The minimum atomic E-state index is -0.181. The molecular weight excluding hydrogens is 232 g/mol. The molecule has 0 aliphatic carbocycles. The number of morpholine rings is 1. The predicted molar refractivity (Wildman–Crippen MR) is 68.4 cm³/mol. The van der Waals surface area contributed by atoms with Crippen LogP contribution in [-0.2, 0) is 14.3 Å². The van der Waals surface area contributed by atoms with Gasteiger partial charge in [0.05, 0.1) is 19.3 Å². The summed E-state index contributed by atoms with van der Waals surface area (Å²) in [5.74, 6) is 0.663. The van der Waals surface area contributed by atoms with E-state index in [1.54, 1.807) is 7.11 Å².